The first-order valence-electron chi connectivity index (χ1n) is 6.71. The van der Waals surface area contributed by atoms with E-state index in [4.69, 9.17) is 0 Å². The van der Waals surface area contributed by atoms with Crippen molar-refractivity contribution in [3.8, 4) is 17.1 Å². The molecule has 5 nitrogen and oxygen atoms in total. The molecule has 2 heterocycles. The van der Waals surface area contributed by atoms with Crippen molar-refractivity contribution in [2.45, 2.75) is 0 Å². The molecule has 0 aliphatic heterocycles. The maximum Gasteiger partial charge on any atom is 0.189 e. The number of fused-ring (bicyclic) bond motifs is 1. The Morgan fingerprint density at radius 2 is 1.82 bits per heavy atom. The number of rotatable bonds is 2. The standard InChI is InChI=1S/C16H10FN5/c17-12-9-11-5-4-8-18-15(11)14(10-12)16-19-20-21-22(16)13-6-2-1-3-7-13/h1-10H. The fraction of sp³-hybridized carbons (Fsp3) is 0. The van der Waals surface area contributed by atoms with E-state index in [0.29, 0.717) is 22.3 Å². The topological polar surface area (TPSA) is 56.5 Å². The summed E-state index contributed by atoms with van der Waals surface area (Å²) in [4.78, 5) is 4.34. The molecule has 0 bridgehead atoms. The molecule has 4 rings (SSSR count). The average Bonchev–Trinajstić information content (AvgIpc) is 3.04. The quantitative estimate of drug-likeness (QED) is 0.569. The van der Waals surface area contributed by atoms with Crippen molar-refractivity contribution in [2.24, 2.45) is 0 Å². The highest BCUT2D eigenvalue weighted by molar-refractivity contribution is 5.92. The van der Waals surface area contributed by atoms with Crippen molar-refractivity contribution in [3.05, 3.63) is 66.6 Å². The second-order valence-electron chi connectivity index (χ2n) is 4.78. The van der Waals surface area contributed by atoms with Crippen LogP contribution < -0.4 is 0 Å². The van der Waals surface area contributed by atoms with Crippen LogP contribution in [0.4, 0.5) is 4.39 Å². The van der Waals surface area contributed by atoms with Gasteiger partial charge in [-0.25, -0.2) is 4.39 Å². The van der Waals surface area contributed by atoms with E-state index >= 15 is 0 Å². The van der Waals surface area contributed by atoms with Gasteiger partial charge in [-0.3, -0.25) is 4.98 Å². The Bertz CT molecular complexity index is 949. The molecule has 0 saturated heterocycles. The SMILES string of the molecule is Fc1cc(-c2nnnn2-c2ccccc2)c2ncccc2c1. The van der Waals surface area contributed by atoms with Gasteiger partial charge < -0.3 is 0 Å². The zero-order chi connectivity index (χ0) is 14.9. The molecule has 22 heavy (non-hydrogen) atoms. The van der Waals surface area contributed by atoms with Crippen LogP contribution in [0.1, 0.15) is 0 Å². The molecule has 0 unspecified atom stereocenters. The van der Waals surface area contributed by atoms with Crippen molar-refractivity contribution in [2.75, 3.05) is 0 Å². The lowest BCUT2D eigenvalue weighted by Crippen LogP contribution is -2.00. The summed E-state index contributed by atoms with van der Waals surface area (Å²) in [5.41, 5.74) is 2.02. The van der Waals surface area contributed by atoms with Crippen molar-refractivity contribution < 1.29 is 4.39 Å². The molecular weight excluding hydrogens is 281 g/mol. The third-order valence-corrected chi connectivity index (χ3v) is 3.38. The Morgan fingerprint density at radius 3 is 2.68 bits per heavy atom. The number of tetrazole rings is 1. The third-order valence-electron chi connectivity index (χ3n) is 3.38. The molecule has 0 aliphatic carbocycles. The highest BCUT2D eigenvalue weighted by Crippen LogP contribution is 2.27. The maximum absolute atomic E-state index is 13.9. The molecule has 0 aliphatic rings. The molecule has 0 spiro atoms. The van der Waals surface area contributed by atoms with Gasteiger partial charge in [0.2, 0.25) is 0 Å². The summed E-state index contributed by atoms with van der Waals surface area (Å²) < 4.78 is 15.5. The van der Waals surface area contributed by atoms with Crippen LogP contribution in [0.25, 0.3) is 28.0 Å². The summed E-state index contributed by atoms with van der Waals surface area (Å²) in [6.07, 6.45) is 1.67. The van der Waals surface area contributed by atoms with Crippen molar-refractivity contribution in [1.82, 2.24) is 25.2 Å². The van der Waals surface area contributed by atoms with Gasteiger partial charge in [0.05, 0.1) is 16.8 Å². The van der Waals surface area contributed by atoms with Crippen molar-refractivity contribution >= 4 is 10.9 Å². The van der Waals surface area contributed by atoms with Crippen LogP contribution in [0.3, 0.4) is 0 Å². The number of hydrogen-bond acceptors (Lipinski definition) is 4. The Kier molecular flexibility index (Phi) is 2.86. The summed E-state index contributed by atoms with van der Waals surface area (Å²) in [6.45, 7) is 0. The molecule has 4 aromatic rings. The highest BCUT2D eigenvalue weighted by Gasteiger charge is 2.15. The van der Waals surface area contributed by atoms with Gasteiger partial charge in [0, 0.05) is 11.6 Å². The van der Waals surface area contributed by atoms with E-state index in [2.05, 4.69) is 20.5 Å². The Hall–Kier alpha value is -3.15. The largest absolute Gasteiger partial charge is 0.255 e. The molecule has 106 valence electrons. The predicted molar refractivity (Wildman–Crippen MR) is 79.8 cm³/mol. The molecule has 0 radical (unpaired) electrons. The van der Waals surface area contributed by atoms with E-state index < -0.39 is 0 Å². The Labute approximate surface area is 125 Å². The van der Waals surface area contributed by atoms with Crippen molar-refractivity contribution in [1.29, 1.82) is 0 Å². The fourth-order valence-corrected chi connectivity index (χ4v) is 2.42. The third kappa shape index (κ3) is 2.01. The normalized spacial score (nSPS) is 11.0. The molecular formula is C16H10FN5. The van der Waals surface area contributed by atoms with Crippen LogP contribution in [0, 0.1) is 5.82 Å². The molecule has 2 aromatic heterocycles. The number of hydrogen-bond donors (Lipinski definition) is 0. The van der Waals surface area contributed by atoms with E-state index in [1.54, 1.807) is 16.9 Å². The highest BCUT2D eigenvalue weighted by atomic mass is 19.1. The zero-order valence-electron chi connectivity index (χ0n) is 11.4. The molecule has 0 fully saturated rings. The first-order chi connectivity index (χ1) is 10.8. The van der Waals surface area contributed by atoms with Gasteiger partial charge in [0.1, 0.15) is 5.82 Å². The monoisotopic (exact) mass is 291 g/mol. The van der Waals surface area contributed by atoms with Crippen molar-refractivity contribution in [3.63, 3.8) is 0 Å². The van der Waals surface area contributed by atoms with Gasteiger partial charge in [0.15, 0.2) is 5.82 Å². The minimum atomic E-state index is -0.349. The summed E-state index contributed by atoms with van der Waals surface area (Å²) in [7, 11) is 0. The Morgan fingerprint density at radius 1 is 0.955 bits per heavy atom. The first-order valence-corrected chi connectivity index (χ1v) is 6.71. The van der Waals surface area contributed by atoms with Gasteiger partial charge in [-0.1, -0.05) is 24.3 Å². The fourth-order valence-electron chi connectivity index (χ4n) is 2.42. The minimum Gasteiger partial charge on any atom is -0.255 e. The summed E-state index contributed by atoms with van der Waals surface area (Å²) in [5.74, 6) is 0.104. The van der Waals surface area contributed by atoms with Gasteiger partial charge in [-0.15, -0.1) is 5.10 Å². The molecule has 0 N–H and O–H groups in total. The van der Waals surface area contributed by atoms with E-state index in [1.165, 1.54) is 12.1 Å². The molecule has 2 aromatic carbocycles. The van der Waals surface area contributed by atoms with Crippen LogP contribution in [0.5, 0.6) is 0 Å². The van der Waals surface area contributed by atoms with Crippen LogP contribution in [0.15, 0.2) is 60.8 Å². The second kappa shape index (κ2) is 5.00. The zero-order valence-corrected chi connectivity index (χ0v) is 11.4. The van der Waals surface area contributed by atoms with Gasteiger partial charge >= 0.3 is 0 Å². The molecule has 0 atom stereocenters. The average molecular weight is 291 g/mol. The minimum absolute atomic E-state index is 0.349. The van der Waals surface area contributed by atoms with Crippen LogP contribution in [-0.4, -0.2) is 25.2 Å². The number of pyridine rings is 1. The maximum atomic E-state index is 13.9. The van der Waals surface area contributed by atoms with E-state index in [1.807, 2.05) is 36.4 Å². The molecule has 0 amide bonds. The Balaban J connectivity index is 2.00. The van der Waals surface area contributed by atoms with Gasteiger partial charge in [-0.05, 0) is 40.8 Å². The van der Waals surface area contributed by atoms with Gasteiger partial charge in [-0.2, -0.15) is 4.68 Å². The number of para-hydroxylation sites is 1. The summed E-state index contributed by atoms with van der Waals surface area (Å²) >= 11 is 0. The van der Waals surface area contributed by atoms with E-state index in [0.717, 1.165) is 5.69 Å². The van der Waals surface area contributed by atoms with Gasteiger partial charge in [0.25, 0.3) is 0 Å². The smallest absolute Gasteiger partial charge is 0.189 e. The molecule has 0 saturated carbocycles. The number of nitrogens with zero attached hydrogens (tertiary/aromatic N) is 5. The number of halogens is 1. The molecule has 6 heteroatoms. The summed E-state index contributed by atoms with van der Waals surface area (Å²) in [5, 5.41) is 12.5. The lowest BCUT2D eigenvalue weighted by atomic mass is 10.1. The lowest BCUT2D eigenvalue weighted by molar-refractivity contribution is 0.630. The second-order valence-corrected chi connectivity index (χ2v) is 4.78. The van der Waals surface area contributed by atoms with Crippen LogP contribution in [0.2, 0.25) is 0 Å². The first kappa shape index (κ1) is 12.6. The lowest BCUT2D eigenvalue weighted by Gasteiger charge is -2.07. The van der Waals surface area contributed by atoms with E-state index in [9.17, 15) is 4.39 Å². The predicted octanol–water partition coefficient (Wildman–Crippen LogP) is 3.02. The van der Waals surface area contributed by atoms with Crippen LogP contribution >= 0.6 is 0 Å². The number of aromatic nitrogens is 5. The summed E-state index contributed by atoms with van der Waals surface area (Å²) in [6, 6.07) is 15.9. The number of benzene rings is 2. The van der Waals surface area contributed by atoms with E-state index in [-0.39, 0.29) is 5.82 Å². The van der Waals surface area contributed by atoms with Crippen LogP contribution in [-0.2, 0) is 0 Å².